The number of nitrogens with zero attached hydrogens (tertiary/aromatic N) is 1. The summed E-state index contributed by atoms with van der Waals surface area (Å²) in [4.78, 5) is 2.64. The molecule has 2 heteroatoms. The molecule has 1 saturated heterocycles. The lowest BCUT2D eigenvalue weighted by Crippen LogP contribution is -2.44. The summed E-state index contributed by atoms with van der Waals surface area (Å²) >= 11 is 0. The van der Waals surface area contributed by atoms with Crippen LogP contribution in [-0.4, -0.2) is 37.1 Å². The smallest absolute Gasteiger partial charge is 0.00912 e. The van der Waals surface area contributed by atoms with Crippen LogP contribution >= 0.6 is 0 Å². The normalized spacial score (nSPS) is 22.3. The van der Waals surface area contributed by atoms with Gasteiger partial charge in [0.15, 0.2) is 0 Å². The summed E-state index contributed by atoms with van der Waals surface area (Å²) in [5.41, 5.74) is 0.443. The van der Waals surface area contributed by atoms with E-state index >= 15 is 0 Å². The van der Waals surface area contributed by atoms with E-state index in [1.54, 1.807) is 0 Å². The number of rotatable bonds is 4. The van der Waals surface area contributed by atoms with Crippen molar-refractivity contribution in [1.29, 1.82) is 0 Å². The number of nitrogens with one attached hydrogen (secondary N) is 1. The lowest BCUT2D eigenvalue weighted by Gasteiger charge is -2.37. The second-order valence-electron chi connectivity index (χ2n) is 6.40. The van der Waals surface area contributed by atoms with Crippen LogP contribution in [0.4, 0.5) is 0 Å². The Morgan fingerprint density at radius 2 is 1.81 bits per heavy atom. The topological polar surface area (TPSA) is 15.3 Å². The first-order valence-electron chi connectivity index (χ1n) is 6.89. The van der Waals surface area contributed by atoms with E-state index in [-0.39, 0.29) is 0 Å². The van der Waals surface area contributed by atoms with E-state index < -0.39 is 0 Å². The van der Waals surface area contributed by atoms with Gasteiger partial charge in [-0.2, -0.15) is 0 Å². The van der Waals surface area contributed by atoms with Gasteiger partial charge in [-0.1, -0.05) is 34.6 Å². The van der Waals surface area contributed by atoms with Gasteiger partial charge in [0, 0.05) is 12.6 Å². The van der Waals surface area contributed by atoms with Crippen LogP contribution in [0.3, 0.4) is 0 Å². The zero-order valence-electron chi connectivity index (χ0n) is 11.8. The summed E-state index contributed by atoms with van der Waals surface area (Å²) in [5, 5.41) is 3.56. The summed E-state index contributed by atoms with van der Waals surface area (Å²) in [6.07, 6.45) is 2.65. The Morgan fingerprint density at radius 3 is 2.25 bits per heavy atom. The van der Waals surface area contributed by atoms with Crippen LogP contribution < -0.4 is 5.32 Å². The highest BCUT2D eigenvalue weighted by Crippen LogP contribution is 2.26. The Bertz CT molecular complexity index is 187. The molecule has 1 rings (SSSR count). The number of hydrogen-bond donors (Lipinski definition) is 1. The molecule has 1 N–H and O–H groups in total. The zero-order chi connectivity index (χ0) is 12.2. The molecular formula is C14H30N2. The van der Waals surface area contributed by atoms with E-state index in [9.17, 15) is 0 Å². The molecule has 0 aliphatic carbocycles. The van der Waals surface area contributed by atoms with Gasteiger partial charge in [0.1, 0.15) is 0 Å². The first-order valence-corrected chi connectivity index (χ1v) is 6.89. The second kappa shape index (κ2) is 6.02. The Kier molecular flexibility index (Phi) is 5.26. The highest BCUT2D eigenvalue weighted by molar-refractivity contribution is 4.80. The van der Waals surface area contributed by atoms with Crippen LogP contribution in [0.15, 0.2) is 0 Å². The first kappa shape index (κ1) is 14.0. The summed E-state index contributed by atoms with van der Waals surface area (Å²) in [7, 11) is 0. The molecule has 16 heavy (non-hydrogen) atoms. The summed E-state index contributed by atoms with van der Waals surface area (Å²) in [6.45, 7) is 16.6. The number of likely N-dealkylation sites (tertiary alicyclic amines) is 1. The Balaban J connectivity index is 2.27. The fourth-order valence-electron chi connectivity index (χ4n) is 2.27. The monoisotopic (exact) mass is 226 g/mol. The summed E-state index contributed by atoms with van der Waals surface area (Å²) in [6, 6.07) is 0.770. The van der Waals surface area contributed by atoms with Gasteiger partial charge in [0.25, 0.3) is 0 Å². The highest BCUT2D eigenvalue weighted by atomic mass is 15.1. The molecule has 0 aromatic rings. The number of piperidine rings is 1. The van der Waals surface area contributed by atoms with E-state index in [0.29, 0.717) is 5.41 Å². The van der Waals surface area contributed by atoms with Crippen LogP contribution in [-0.2, 0) is 0 Å². The molecule has 96 valence electrons. The van der Waals surface area contributed by atoms with Crippen molar-refractivity contribution in [3.05, 3.63) is 0 Å². The SMILES string of the molecule is CCNC1CCN(CC(C)C(C)(C)C)CC1. The average molecular weight is 226 g/mol. The third-order valence-electron chi connectivity index (χ3n) is 4.09. The maximum absolute atomic E-state index is 3.56. The minimum absolute atomic E-state index is 0.443. The van der Waals surface area contributed by atoms with Crippen molar-refractivity contribution < 1.29 is 0 Å². The van der Waals surface area contributed by atoms with Gasteiger partial charge in [-0.05, 0) is 43.8 Å². The molecule has 2 nitrogen and oxygen atoms in total. The van der Waals surface area contributed by atoms with Crippen LogP contribution in [0, 0.1) is 11.3 Å². The first-order chi connectivity index (χ1) is 7.43. The van der Waals surface area contributed by atoms with Crippen molar-refractivity contribution in [1.82, 2.24) is 10.2 Å². The third-order valence-corrected chi connectivity index (χ3v) is 4.09. The van der Waals surface area contributed by atoms with Gasteiger partial charge < -0.3 is 10.2 Å². The molecule has 0 radical (unpaired) electrons. The van der Waals surface area contributed by atoms with Crippen LogP contribution in [0.1, 0.15) is 47.5 Å². The standard InChI is InChI=1S/C14H30N2/c1-6-15-13-7-9-16(10-8-13)11-12(2)14(3,4)5/h12-13,15H,6-11H2,1-5H3. The maximum Gasteiger partial charge on any atom is 0.00912 e. The van der Waals surface area contributed by atoms with Gasteiger partial charge in [-0.15, -0.1) is 0 Å². The summed E-state index contributed by atoms with van der Waals surface area (Å²) < 4.78 is 0. The minimum atomic E-state index is 0.443. The Morgan fingerprint density at radius 1 is 1.25 bits per heavy atom. The van der Waals surface area contributed by atoms with Crippen molar-refractivity contribution in [3.63, 3.8) is 0 Å². The Hall–Kier alpha value is -0.0800. The quantitative estimate of drug-likeness (QED) is 0.793. The average Bonchev–Trinajstić information content (AvgIpc) is 2.20. The van der Waals surface area contributed by atoms with E-state index in [1.807, 2.05) is 0 Å². The lowest BCUT2D eigenvalue weighted by molar-refractivity contribution is 0.131. The lowest BCUT2D eigenvalue weighted by atomic mass is 9.81. The molecule has 0 aromatic heterocycles. The molecule has 0 spiro atoms. The molecule has 0 saturated carbocycles. The molecular weight excluding hydrogens is 196 g/mol. The van der Waals surface area contributed by atoms with Crippen LogP contribution in [0.2, 0.25) is 0 Å². The maximum atomic E-state index is 3.56. The van der Waals surface area contributed by atoms with E-state index in [0.717, 1.165) is 18.5 Å². The third kappa shape index (κ3) is 4.42. The fourth-order valence-corrected chi connectivity index (χ4v) is 2.27. The molecule has 0 aromatic carbocycles. The van der Waals surface area contributed by atoms with Crippen LogP contribution in [0.5, 0.6) is 0 Å². The predicted molar refractivity (Wildman–Crippen MR) is 71.8 cm³/mol. The van der Waals surface area contributed by atoms with Crippen molar-refractivity contribution in [3.8, 4) is 0 Å². The van der Waals surface area contributed by atoms with Crippen LogP contribution in [0.25, 0.3) is 0 Å². The molecule has 1 fully saturated rings. The zero-order valence-corrected chi connectivity index (χ0v) is 11.8. The molecule has 1 atom stereocenters. The minimum Gasteiger partial charge on any atom is -0.314 e. The molecule has 0 amide bonds. The van der Waals surface area contributed by atoms with Crippen molar-refractivity contribution >= 4 is 0 Å². The molecule has 1 aliphatic heterocycles. The van der Waals surface area contributed by atoms with Gasteiger partial charge in [-0.3, -0.25) is 0 Å². The molecule has 1 unspecified atom stereocenters. The van der Waals surface area contributed by atoms with E-state index in [2.05, 4.69) is 44.8 Å². The van der Waals surface area contributed by atoms with E-state index in [1.165, 1.54) is 32.5 Å². The Labute approximate surface area is 102 Å². The van der Waals surface area contributed by atoms with Gasteiger partial charge >= 0.3 is 0 Å². The molecule has 1 aliphatic rings. The summed E-state index contributed by atoms with van der Waals surface area (Å²) in [5.74, 6) is 0.781. The van der Waals surface area contributed by atoms with Gasteiger partial charge in [0.05, 0.1) is 0 Å². The van der Waals surface area contributed by atoms with Gasteiger partial charge in [-0.25, -0.2) is 0 Å². The van der Waals surface area contributed by atoms with E-state index in [4.69, 9.17) is 0 Å². The fraction of sp³-hybridized carbons (Fsp3) is 1.00. The second-order valence-corrected chi connectivity index (χ2v) is 6.40. The van der Waals surface area contributed by atoms with Crippen molar-refractivity contribution in [2.75, 3.05) is 26.2 Å². The van der Waals surface area contributed by atoms with Crippen molar-refractivity contribution in [2.24, 2.45) is 11.3 Å². The molecule has 0 bridgehead atoms. The number of hydrogen-bond acceptors (Lipinski definition) is 2. The largest absolute Gasteiger partial charge is 0.314 e. The predicted octanol–water partition coefficient (Wildman–Crippen LogP) is 2.74. The van der Waals surface area contributed by atoms with Crippen molar-refractivity contribution in [2.45, 2.75) is 53.5 Å². The molecule has 1 heterocycles. The highest BCUT2D eigenvalue weighted by Gasteiger charge is 2.25. The van der Waals surface area contributed by atoms with Gasteiger partial charge in [0.2, 0.25) is 0 Å².